The summed E-state index contributed by atoms with van der Waals surface area (Å²) in [5.41, 5.74) is 2.11. The maximum absolute atomic E-state index is 11.9. The molecule has 128 valence electrons. The van der Waals surface area contributed by atoms with Gasteiger partial charge in [0.25, 0.3) is 0 Å². The number of nitrogens with one attached hydrogen (secondary N) is 1. The number of hydrogen-bond donors (Lipinski definition) is 1. The van der Waals surface area contributed by atoms with E-state index in [0.29, 0.717) is 26.0 Å². The Morgan fingerprint density at radius 1 is 1.08 bits per heavy atom. The molecule has 0 aliphatic carbocycles. The number of rotatable bonds is 8. The molecule has 0 unspecified atom stereocenters. The number of nitrogens with zero attached hydrogens (tertiary/aromatic N) is 2. The summed E-state index contributed by atoms with van der Waals surface area (Å²) in [6, 6.07) is 17.7. The van der Waals surface area contributed by atoms with Gasteiger partial charge in [0.2, 0.25) is 5.91 Å². The van der Waals surface area contributed by atoms with Gasteiger partial charge in [-0.2, -0.15) is 0 Å². The Hall–Kier alpha value is -3.08. The van der Waals surface area contributed by atoms with Crippen molar-refractivity contribution in [2.45, 2.75) is 19.4 Å². The van der Waals surface area contributed by atoms with Gasteiger partial charge in [-0.1, -0.05) is 30.3 Å². The maximum Gasteiger partial charge on any atom is 0.220 e. The van der Waals surface area contributed by atoms with Gasteiger partial charge in [0.05, 0.1) is 12.9 Å². The number of hydrogen-bond acceptors (Lipinski definition) is 3. The topological polar surface area (TPSA) is 56.1 Å². The molecular weight excluding hydrogens is 314 g/mol. The smallest absolute Gasteiger partial charge is 0.220 e. The number of carbonyl (C=O) groups is 1. The fourth-order valence-corrected chi connectivity index (χ4v) is 2.43. The molecule has 1 N–H and O–H groups in total. The summed E-state index contributed by atoms with van der Waals surface area (Å²) in [5.74, 6) is 0.872. The summed E-state index contributed by atoms with van der Waals surface area (Å²) in [6.45, 7) is 1.07. The molecule has 5 nitrogen and oxygen atoms in total. The first-order valence-corrected chi connectivity index (χ1v) is 8.33. The van der Waals surface area contributed by atoms with Gasteiger partial charge in [-0.15, -0.1) is 0 Å². The van der Waals surface area contributed by atoms with E-state index in [0.717, 1.165) is 17.0 Å². The molecule has 5 heteroatoms. The Bertz CT molecular complexity index is 768. The average molecular weight is 335 g/mol. The highest BCUT2D eigenvalue weighted by molar-refractivity contribution is 5.75. The molecule has 0 spiro atoms. The Morgan fingerprint density at radius 2 is 1.88 bits per heavy atom. The first kappa shape index (κ1) is 16.8. The molecular formula is C20H21N3O2. The molecule has 0 aliphatic rings. The normalized spacial score (nSPS) is 10.4. The lowest BCUT2D eigenvalue weighted by Gasteiger charge is -2.08. The zero-order chi connectivity index (χ0) is 17.3. The van der Waals surface area contributed by atoms with Crippen molar-refractivity contribution in [1.82, 2.24) is 14.9 Å². The van der Waals surface area contributed by atoms with E-state index < -0.39 is 0 Å². The molecule has 1 amide bonds. The number of ether oxygens (including phenoxy) is 1. The second-order valence-electron chi connectivity index (χ2n) is 5.68. The van der Waals surface area contributed by atoms with E-state index >= 15 is 0 Å². The predicted molar refractivity (Wildman–Crippen MR) is 96.6 cm³/mol. The fraction of sp³-hybridized carbons (Fsp3) is 0.200. The van der Waals surface area contributed by atoms with E-state index in [1.54, 1.807) is 12.5 Å². The molecule has 1 aromatic heterocycles. The summed E-state index contributed by atoms with van der Waals surface area (Å²) in [4.78, 5) is 15.9. The molecule has 0 saturated heterocycles. The van der Waals surface area contributed by atoms with Crippen molar-refractivity contribution in [1.29, 1.82) is 0 Å². The number of carbonyl (C=O) groups excluding carboxylic acids is 1. The van der Waals surface area contributed by atoms with E-state index in [1.807, 2.05) is 65.4 Å². The van der Waals surface area contributed by atoms with Crippen LogP contribution in [-0.2, 0) is 11.3 Å². The summed E-state index contributed by atoms with van der Waals surface area (Å²) in [6.07, 6.45) is 6.55. The standard InChI is InChI=1S/C20H21N3O2/c24-20(7-4-14-25-19-5-2-1-3-6-19)22-15-17-8-10-18(11-9-17)23-13-12-21-16-23/h1-3,5-6,8-13,16H,4,7,14-15H2,(H,22,24). The number of imidazole rings is 1. The highest BCUT2D eigenvalue weighted by atomic mass is 16.5. The van der Waals surface area contributed by atoms with Crippen molar-refractivity contribution in [2.75, 3.05) is 6.61 Å². The zero-order valence-corrected chi connectivity index (χ0v) is 14.0. The first-order valence-electron chi connectivity index (χ1n) is 8.33. The molecule has 0 saturated carbocycles. The highest BCUT2D eigenvalue weighted by Crippen LogP contribution is 2.10. The lowest BCUT2D eigenvalue weighted by Crippen LogP contribution is -2.22. The molecule has 0 bridgehead atoms. The summed E-state index contributed by atoms with van der Waals surface area (Å²) in [7, 11) is 0. The second kappa shape index (κ2) is 8.68. The largest absolute Gasteiger partial charge is 0.494 e. The lowest BCUT2D eigenvalue weighted by molar-refractivity contribution is -0.121. The average Bonchev–Trinajstić information content (AvgIpc) is 3.20. The van der Waals surface area contributed by atoms with Crippen molar-refractivity contribution in [3.05, 3.63) is 78.9 Å². The minimum absolute atomic E-state index is 0.0374. The van der Waals surface area contributed by atoms with E-state index in [9.17, 15) is 4.79 Å². The van der Waals surface area contributed by atoms with Crippen molar-refractivity contribution >= 4 is 5.91 Å². The van der Waals surface area contributed by atoms with Gasteiger partial charge in [-0.3, -0.25) is 4.79 Å². The van der Waals surface area contributed by atoms with Crippen molar-refractivity contribution in [2.24, 2.45) is 0 Å². The number of aromatic nitrogens is 2. The van der Waals surface area contributed by atoms with Crippen LogP contribution in [0.25, 0.3) is 5.69 Å². The minimum atomic E-state index is 0.0374. The van der Waals surface area contributed by atoms with Gasteiger partial charge >= 0.3 is 0 Å². The van der Waals surface area contributed by atoms with Crippen LogP contribution in [-0.4, -0.2) is 22.1 Å². The second-order valence-corrected chi connectivity index (χ2v) is 5.68. The third-order valence-corrected chi connectivity index (χ3v) is 3.79. The molecule has 0 fully saturated rings. The molecule has 2 aromatic carbocycles. The molecule has 3 rings (SSSR count). The van der Waals surface area contributed by atoms with Gasteiger partial charge < -0.3 is 14.6 Å². The van der Waals surface area contributed by atoms with E-state index in [1.165, 1.54) is 0 Å². The van der Waals surface area contributed by atoms with Crippen LogP contribution < -0.4 is 10.1 Å². The lowest BCUT2D eigenvalue weighted by atomic mass is 10.2. The van der Waals surface area contributed by atoms with Crippen molar-refractivity contribution in [3.63, 3.8) is 0 Å². The third-order valence-electron chi connectivity index (χ3n) is 3.79. The Balaban J connectivity index is 1.36. The van der Waals surface area contributed by atoms with Gasteiger partial charge in [0, 0.05) is 31.0 Å². The monoisotopic (exact) mass is 335 g/mol. The van der Waals surface area contributed by atoms with Crippen LogP contribution in [0.15, 0.2) is 73.3 Å². The van der Waals surface area contributed by atoms with Crippen LogP contribution in [0.5, 0.6) is 5.75 Å². The Labute approximate surface area is 147 Å². The van der Waals surface area contributed by atoms with Gasteiger partial charge in [-0.05, 0) is 36.2 Å². The van der Waals surface area contributed by atoms with E-state index in [-0.39, 0.29) is 5.91 Å². The number of para-hydroxylation sites is 1. The van der Waals surface area contributed by atoms with Crippen molar-refractivity contribution in [3.8, 4) is 11.4 Å². The van der Waals surface area contributed by atoms with Crippen LogP contribution in [0.4, 0.5) is 0 Å². The summed E-state index contributed by atoms with van der Waals surface area (Å²) in [5, 5.41) is 2.94. The first-order chi connectivity index (χ1) is 12.3. The fourth-order valence-electron chi connectivity index (χ4n) is 2.43. The van der Waals surface area contributed by atoms with E-state index in [4.69, 9.17) is 4.74 Å². The third kappa shape index (κ3) is 5.21. The molecule has 1 heterocycles. The predicted octanol–water partition coefficient (Wildman–Crippen LogP) is 3.35. The summed E-state index contributed by atoms with van der Waals surface area (Å²) >= 11 is 0. The van der Waals surface area contributed by atoms with Gasteiger partial charge in [0.15, 0.2) is 0 Å². The number of benzene rings is 2. The van der Waals surface area contributed by atoms with Gasteiger partial charge in [0.1, 0.15) is 5.75 Å². The molecule has 0 atom stereocenters. The van der Waals surface area contributed by atoms with Crippen LogP contribution in [0.1, 0.15) is 18.4 Å². The van der Waals surface area contributed by atoms with E-state index in [2.05, 4.69) is 10.3 Å². The van der Waals surface area contributed by atoms with Crippen LogP contribution >= 0.6 is 0 Å². The SMILES string of the molecule is O=C(CCCOc1ccccc1)NCc1ccc(-n2ccnc2)cc1. The van der Waals surface area contributed by atoms with Crippen LogP contribution in [0, 0.1) is 0 Å². The molecule has 3 aromatic rings. The summed E-state index contributed by atoms with van der Waals surface area (Å²) < 4.78 is 7.52. The Morgan fingerprint density at radius 3 is 2.60 bits per heavy atom. The Kier molecular flexibility index (Phi) is 5.82. The maximum atomic E-state index is 11.9. The van der Waals surface area contributed by atoms with Gasteiger partial charge in [-0.25, -0.2) is 4.98 Å². The van der Waals surface area contributed by atoms with Crippen LogP contribution in [0.2, 0.25) is 0 Å². The molecule has 0 aliphatic heterocycles. The minimum Gasteiger partial charge on any atom is -0.494 e. The quantitative estimate of drug-likeness (QED) is 0.642. The zero-order valence-electron chi connectivity index (χ0n) is 14.0. The van der Waals surface area contributed by atoms with Crippen LogP contribution in [0.3, 0.4) is 0 Å². The highest BCUT2D eigenvalue weighted by Gasteiger charge is 2.02. The van der Waals surface area contributed by atoms with Crippen molar-refractivity contribution < 1.29 is 9.53 Å². The molecule has 25 heavy (non-hydrogen) atoms. The molecule has 0 radical (unpaired) electrons. The number of amides is 1.